The normalized spacial score (nSPS) is 17.5. The third-order valence-corrected chi connectivity index (χ3v) is 18.1. The fourth-order valence-corrected chi connectivity index (χ4v) is 19.0. The fraction of sp³-hybridized carbons (Fsp3) is 1.00. The summed E-state index contributed by atoms with van der Waals surface area (Å²) >= 11 is -2.00. The van der Waals surface area contributed by atoms with Crippen LogP contribution in [0.25, 0.3) is 0 Å². The molecule has 0 fully saturated rings. The van der Waals surface area contributed by atoms with Crippen LogP contribution in [-0.2, 0) is 16.6 Å². The van der Waals surface area contributed by atoms with Crippen molar-refractivity contribution < 1.29 is 16.6 Å². The summed E-state index contributed by atoms with van der Waals surface area (Å²) in [4.78, 5) is 0. The molecule has 0 aromatic heterocycles. The van der Waals surface area contributed by atoms with Crippen LogP contribution in [-0.4, -0.2) is 0 Å². The van der Waals surface area contributed by atoms with Crippen LogP contribution in [0.2, 0.25) is 18.9 Å². The zero-order valence-corrected chi connectivity index (χ0v) is 26.5. The fourth-order valence-electron chi connectivity index (χ4n) is 6.72. The van der Waals surface area contributed by atoms with Gasteiger partial charge in [0, 0.05) is 0 Å². The van der Waals surface area contributed by atoms with Gasteiger partial charge in [-0.1, -0.05) is 0 Å². The molecule has 0 N–H and O–H groups in total. The van der Waals surface area contributed by atoms with Crippen molar-refractivity contribution in [3.63, 3.8) is 0 Å². The molecule has 0 bridgehead atoms. The van der Waals surface area contributed by atoms with E-state index in [-0.39, 0.29) is 0 Å². The molecule has 0 nitrogen and oxygen atoms in total. The van der Waals surface area contributed by atoms with E-state index in [0.29, 0.717) is 0 Å². The monoisotopic (exact) mass is 500 g/mol. The Balaban J connectivity index is 6.06. The van der Waals surface area contributed by atoms with Crippen LogP contribution in [0.4, 0.5) is 0 Å². The average molecular weight is 501 g/mol. The molecule has 1 heteroatoms. The van der Waals surface area contributed by atoms with Gasteiger partial charge in [-0.2, -0.15) is 0 Å². The Kier molecular flexibility index (Phi) is 22.4. The summed E-state index contributed by atoms with van der Waals surface area (Å²) in [6.45, 7) is 19.7. The van der Waals surface area contributed by atoms with Gasteiger partial charge in [0.2, 0.25) is 0 Å². The molecule has 0 heterocycles. The molecule has 0 aliphatic carbocycles. The van der Waals surface area contributed by atoms with Gasteiger partial charge in [-0.05, 0) is 0 Å². The Hall–Kier alpha value is 0.714. The van der Waals surface area contributed by atoms with Gasteiger partial charge >= 0.3 is 217 Å². The first-order valence-corrected chi connectivity index (χ1v) is 20.4. The van der Waals surface area contributed by atoms with E-state index < -0.39 is 16.6 Å². The molecule has 4 unspecified atom stereocenters. The minimum absolute atomic E-state index is 1.03. The van der Waals surface area contributed by atoms with Crippen LogP contribution in [0.1, 0.15) is 158 Å². The van der Waals surface area contributed by atoms with Crippen molar-refractivity contribution in [3.05, 3.63) is 0 Å². The van der Waals surface area contributed by atoms with Crippen molar-refractivity contribution in [2.24, 2.45) is 23.7 Å². The van der Waals surface area contributed by atoms with E-state index in [1.54, 1.807) is 18.9 Å². The second-order valence-electron chi connectivity index (χ2n) is 12.0. The molecule has 0 saturated heterocycles. The summed E-state index contributed by atoms with van der Waals surface area (Å²) in [6, 6.07) is 0. The van der Waals surface area contributed by atoms with Gasteiger partial charge in [-0.25, -0.2) is 0 Å². The van der Waals surface area contributed by atoms with Crippen molar-refractivity contribution in [3.8, 4) is 0 Å². The van der Waals surface area contributed by atoms with Crippen molar-refractivity contribution in [1.29, 1.82) is 0 Å². The second kappa shape index (κ2) is 22.0. The van der Waals surface area contributed by atoms with Gasteiger partial charge in [0.1, 0.15) is 0 Å². The third kappa shape index (κ3) is 15.4. The van der Waals surface area contributed by atoms with E-state index in [0.717, 1.165) is 23.7 Å². The van der Waals surface area contributed by atoms with Crippen molar-refractivity contribution in [2.45, 2.75) is 177 Å². The van der Waals surface area contributed by atoms with Crippen LogP contribution in [0.3, 0.4) is 0 Å². The first-order valence-electron chi connectivity index (χ1n) is 16.0. The first-order chi connectivity index (χ1) is 16.0. The first kappa shape index (κ1) is 33.7. The van der Waals surface area contributed by atoms with Crippen molar-refractivity contribution in [1.82, 2.24) is 0 Å². The van der Waals surface area contributed by atoms with E-state index in [9.17, 15) is 0 Å². The molecule has 0 rings (SSSR count). The van der Waals surface area contributed by atoms with Gasteiger partial charge in [-0.15, -0.1) is 0 Å². The number of hydrogen-bond donors (Lipinski definition) is 0. The standard InChI is InChI=1S/4C8H17.Ti/c4*1-4-6-7-8(3)5-2;/h4*8H,3-7H2,1-2H3;. The minimum atomic E-state index is -2.00. The number of unbranched alkanes of at least 4 members (excludes halogenated alkanes) is 4. The SMILES string of the molecule is CCCCC(CC)[CH2][Ti]([CH2]C(CC)CCCC)([CH2]C(CC)CCCC)[CH2]C(CC)CCCC. The Morgan fingerprint density at radius 3 is 0.727 bits per heavy atom. The van der Waals surface area contributed by atoms with Crippen molar-refractivity contribution in [2.75, 3.05) is 0 Å². The number of hydrogen-bond acceptors (Lipinski definition) is 0. The van der Waals surface area contributed by atoms with Gasteiger partial charge in [0.15, 0.2) is 0 Å². The van der Waals surface area contributed by atoms with E-state index in [2.05, 4.69) is 55.4 Å². The van der Waals surface area contributed by atoms with E-state index in [4.69, 9.17) is 0 Å². The molecule has 0 aliphatic rings. The molecular weight excluding hydrogens is 432 g/mol. The molecular formula is C32H68Ti. The summed E-state index contributed by atoms with van der Waals surface area (Å²) in [7, 11) is 0. The predicted molar refractivity (Wildman–Crippen MR) is 152 cm³/mol. The molecule has 0 aromatic rings. The summed E-state index contributed by atoms with van der Waals surface area (Å²) in [5.74, 6) is 4.11. The summed E-state index contributed by atoms with van der Waals surface area (Å²) in [5, 5.41) is 0. The Bertz CT molecular complexity index is 326. The van der Waals surface area contributed by atoms with Gasteiger partial charge in [0.05, 0.1) is 0 Å². The number of rotatable bonds is 24. The molecule has 33 heavy (non-hydrogen) atoms. The molecule has 4 atom stereocenters. The van der Waals surface area contributed by atoms with Gasteiger partial charge in [-0.3, -0.25) is 0 Å². The molecule has 200 valence electrons. The van der Waals surface area contributed by atoms with Gasteiger partial charge < -0.3 is 0 Å². The third-order valence-electron chi connectivity index (χ3n) is 9.06. The maximum atomic E-state index is 2.52. The van der Waals surface area contributed by atoms with E-state index in [1.807, 2.05) is 0 Å². The van der Waals surface area contributed by atoms with E-state index in [1.165, 1.54) is 103 Å². The second-order valence-corrected chi connectivity index (χ2v) is 19.2. The summed E-state index contributed by atoms with van der Waals surface area (Å²) < 4.78 is 6.85. The molecule has 0 saturated carbocycles. The zero-order chi connectivity index (χ0) is 25.0. The summed E-state index contributed by atoms with van der Waals surface area (Å²) in [6.07, 6.45) is 23.2. The molecule has 0 radical (unpaired) electrons. The Morgan fingerprint density at radius 2 is 0.576 bits per heavy atom. The molecule has 0 aliphatic heterocycles. The Morgan fingerprint density at radius 1 is 0.364 bits per heavy atom. The summed E-state index contributed by atoms with van der Waals surface area (Å²) in [5.41, 5.74) is 0. The van der Waals surface area contributed by atoms with Crippen molar-refractivity contribution >= 4 is 0 Å². The van der Waals surface area contributed by atoms with Crippen LogP contribution < -0.4 is 0 Å². The average Bonchev–Trinajstić information content (AvgIpc) is 2.84. The maximum absolute atomic E-state index is 2.52. The zero-order valence-electron chi connectivity index (χ0n) is 25.0. The van der Waals surface area contributed by atoms with Crippen LogP contribution in [0.15, 0.2) is 0 Å². The topological polar surface area (TPSA) is 0 Å². The quantitative estimate of drug-likeness (QED) is 0.116. The molecule has 0 aromatic carbocycles. The van der Waals surface area contributed by atoms with Crippen LogP contribution in [0.5, 0.6) is 0 Å². The predicted octanol–water partition coefficient (Wildman–Crippen LogP) is 12.7. The van der Waals surface area contributed by atoms with Crippen LogP contribution >= 0.6 is 0 Å². The molecule has 0 spiro atoms. The Labute approximate surface area is 216 Å². The molecule has 0 amide bonds. The van der Waals surface area contributed by atoms with Gasteiger partial charge in [0.25, 0.3) is 0 Å². The van der Waals surface area contributed by atoms with E-state index >= 15 is 0 Å². The van der Waals surface area contributed by atoms with Crippen LogP contribution in [0, 0.1) is 23.7 Å².